The highest BCUT2D eigenvalue weighted by Crippen LogP contribution is 2.26. The molecule has 0 aliphatic carbocycles. The van der Waals surface area contributed by atoms with Gasteiger partial charge in [0, 0.05) is 11.3 Å². The third kappa shape index (κ3) is 2.75. The van der Waals surface area contributed by atoms with Gasteiger partial charge in [-0.1, -0.05) is 35.1 Å². The second-order valence-corrected chi connectivity index (χ2v) is 6.34. The van der Waals surface area contributed by atoms with E-state index in [4.69, 9.17) is 11.6 Å². The number of benzene rings is 2. The van der Waals surface area contributed by atoms with Gasteiger partial charge in [0.05, 0.1) is 10.6 Å². The fourth-order valence-electron chi connectivity index (χ4n) is 2.22. The van der Waals surface area contributed by atoms with E-state index in [2.05, 4.69) is 20.6 Å². The Kier molecular flexibility index (Phi) is 3.72. The smallest absolute Gasteiger partial charge is 0.257 e. The van der Waals surface area contributed by atoms with Crippen LogP contribution in [0.3, 0.4) is 0 Å². The van der Waals surface area contributed by atoms with Crippen LogP contribution < -0.4 is 5.32 Å². The van der Waals surface area contributed by atoms with E-state index < -0.39 is 0 Å². The van der Waals surface area contributed by atoms with Crippen LogP contribution in [0.5, 0.6) is 0 Å². The summed E-state index contributed by atoms with van der Waals surface area (Å²) in [7, 11) is 0. The Morgan fingerprint density at radius 2 is 1.92 bits per heavy atom. The first-order chi connectivity index (χ1) is 11.7. The molecule has 0 atom stereocenters. The molecule has 24 heavy (non-hydrogen) atoms. The molecule has 0 bridgehead atoms. The van der Waals surface area contributed by atoms with E-state index >= 15 is 0 Å². The van der Waals surface area contributed by atoms with E-state index in [-0.39, 0.29) is 5.91 Å². The lowest BCUT2D eigenvalue weighted by Gasteiger charge is -2.07. The van der Waals surface area contributed by atoms with Crippen LogP contribution in [0.25, 0.3) is 15.5 Å². The Morgan fingerprint density at radius 3 is 2.67 bits per heavy atom. The quantitative estimate of drug-likeness (QED) is 0.607. The number of carbonyl (C=O) groups excluding carboxylic acids is 1. The van der Waals surface area contributed by atoms with Crippen LogP contribution in [0.2, 0.25) is 5.02 Å². The molecule has 4 aromatic rings. The average molecular weight is 356 g/mol. The minimum absolute atomic E-state index is 0.243. The molecule has 6 nitrogen and oxygen atoms in total. The summed E-state index contributed by atoms with van der Waals surface area (Å²) in [4.78, 5) is 13.0. The second kappa shape index (κ2) is 6.03. The Labute approximate surface area is 145 Å². The summed E-state index contributed by atoms with van der Waals surface area (Å²) in [6, 6.07) is 14.4. The van der Waals surface area contributed by atoms with Crippen LogP contribution in [0.4, 0.5) is 5.69 Å². The van der Waals surface area contributed by atoms with Crippen molar-refractivity contribution in [2.24, 2.45) is 0 Å². The highest BCUT2D eigenvalue weighted by molar-refractivity contribution is 7.19. The fraction of sp³-hybridized carbons (Fsp3) is 0. The van der Waals surface area contributed by atoms with Gasteiger partial charge in [-0.15, -0.1) is 10.2 Å². The van der Waals surface area contributed by atoms with Gasteiger partial charge in [-0.2, -0.15) is 9.61 Å². The predicted octanol–water partition coefficient (Wildman–Crippen LogP) is 3.76. The number of anilines is 1. The molecule has 0 aliphatic heterocycles. The van der Waals surface area contributed by atoms with Gasteiger partial charge in [0.2, 0.25) is 4.96 Å². The van der Waals surface area contributed by atoms with Crippen molar-refractivity contribution in [2.75, 3.05) is 5.32 Å². The predicted molar refractivity (Wildman–Crippen MR) is 93.5 cm³/mol. The molecule has 2 aromatic carbocycles. The van der Waals surface area contributed by atoms with Gasteiger partial charge in [0.15, 0.2) is 0 Å². The van der Waals surface area contributed by atoms with E-state index in [0.717, 1.165) is 15.5 Å². The van der Waals surface area contributed by atoms with E-state index in [9.17, 15) is 4.79 Å². The first kappa shape index (κ1) is 14.8. The third-order valence-electron chi connectivity index (χ3n) is 3.40. The maximum Gasteiger partial charge on any atom is 0.257 e. The Bertz CT molecular complexity index is 996. The zero-order valence-corrected chi connectivity index (χ0v) is 13.8. The van der Waals surface area contributed by atoms with Gasteiger partial charge in [0.25, 0.3) is 5.91 Å². The number of aromatic nitrogens is 4. The largest absolute Gasteiger partial charge is 0.322 e. The lowest BCUT2D eigenvalue weighted by molar-refractivity contribution is 0.102. The van der Waals surface area contributed by atoms with Crippen LogP contribution in [0.1, 0.15) is 10.4 Å². The molecule has 118 valence electrons. The van der Waals surface area contributed by atoms with Crippen LogP contribution in [0, 0.1) is 0 Å². The molecule has 0 saturated carbocycles. The van der Waals surface area contributed by atoms with Gasteiger partial charge in [0.1, 0.15) is 11.3 Å². The number of amides is 1. The molecule has 0 fully saturated rings. The lowest BCUT2D eigenvalue weighted by Crippen LogP contribution is -2.12. The number of rotatable bonds is 3. The average Bonchev–Trinajstić information content (AvgIpc) is 3.17. The minimum atomic E-state index is -0.243. The van der Waals surface area contributed by atoms with Crippen LogP contribution in [-0.4, -0.2) is 25.7 Å². The first-order valence-corrected chi connectivity index (χ1v) is 8.23. The summed E-state index contributed by atoms with van der Waals surface area (Å²) in [5.41, 5.74) is 2.07. The van der Waals surface area contributed by atoms with Crippen LogP contribution >= 0.6 is 22.9 Å². The highest BCUT2D eigenvalue weighted by atomic mass is 35.5. The Hall–Kier alpha value is -2.77. The van der Waals surface area contributed by atoms with Crippen molar-refractivity contribution in [1.82, 2.24) is 19.8 Å². The summed E-state index contributed by atoms with van der Waals surface area (Å²) >= 11 is 7.49. The standard InChI is InChI=1S/C16H10ClN5OS/c17-13-4-2-1-3-12(13)14(23)19-11-7-5-10(6-8-11)15-21-22-9-18-20-16(22)24-15/h1-9H,(H,19,23). The molecular formula is C16H10ClN5OS. The minimum Gasteiger partial charge on any atom is -0.322 e. The molecule has 0 unspecified atom stereocenters. The topological polar surface area (TPSA) is 72.2 Å². The van der Waals surface area contributed by atoms with Gasteiger partial charge >= 0.3 is 0 Å². The fourth-order valence-corrected chi connectivity index (χ4v) is 3.26. The van der Waals surface area contributed by atoms with E-state index in [1.807, 2.05) is 24.3 Å². The van der Waals surface area contributed by atoms with Gasteiger partial charge in [-0.05, 0) is 36.4 Å². The van der Waals surface area contributed by atoms with Gasteiger partial charge in [-0.3, -0.25) is 4.79 Å². The zero-order valence-electron chi connectivity index (χ0n) is 12.2. The van der Waals surface area contributed by atoms with E-state index in [1.54, 1.807) is 35.1 Å². The first-order valence-electron chi connectivity index (χ1n) is 7.04. The summed E-state index contributed by atoms with van der Waals surface area (Å²) in [5, 5.41) is 16.2. The molecule has 0 radical (unpaired) electrons. The summed E-state index contributed by atoms with van der Waals surface area (Å²) < 4.78 is 1.63. The molecule has 8 heteroatoms. The van der Waals surface area contributed by atoms with E-state index in [1.165, 1.54) is 11.3 Å². The number of nitrogens with one attached hydrogen (secondary N) is 1. The number of fused-ring (bicyclic) bond motifs is 1. The van der Waals surface area contributed by atoms with Crippen molar-refractivity contribution in [2.45, 2.75) is 0 Å². The summed E-state index contributed by atoms with van der Waals surface area (Å²) in [5.74, 6) is -0.243. The zero-order chi connectivity index (χ0) is 16.5. The molecule has 1 amide bonds. The molecular weight excluding hydrogens is 346 g/mol. The molecule has 0 aliphatic rings. The van der Waals surface area contributed by atoms with E-state index in [0.29, 0.717) is 16.3 Å². The van der Waals surface area contributed by atoms with Gasteiger partial charge in [-0.25, -0.2) is 0 Å². The van der Waals surface area contributed by atoms with Gasteiger partial charge < -0.3 is 5.32 Å². The van der Waals surface area contributed by atoms with Crippen LogP contribution in [-0.2, 0) is 0 Å². The Balaban J connectivity index is 1.54. The number of nitrogens with zero attached hydrogens (tertiary/aromatic N) is 4. The molecule has 1 N–H and O–H groups in total. The number of carbonyl (C=O) groups is 1. The lowest BCUT2D eigenvalue weighted by atomic mass is 10.2. The second-order valence-electron chi connectivity index (χ2n) is 4.98. The van der Waals surface area contributed by atoms with Crippen LogP contribution in [0.15, 0.2) is 54.9 Å². The Morgan fingerprint density at radius 1 is 1.12 bits per heavy atom. The van der Waals surface area contributed by atoms with Crippen molar-refractivity contribution >= 4 is 39.5 Å². The number of hydrogen-bond donors (Lipinski definition) is 1. The monoisotopic (exact) mass is 355 g/mol. The molecule has 0 spiro atoms. The van der Waals surface area contributed by atoms with Crippen molar-refractivity contribution in [3.8, 4) is 10.6 Å². The number of hydrogen-bond acceptors (Lipinski definition) is 5. The highest BCUT2D eigenvalue weighted by Gasteiger charge is 2.11. The summed E-state index contributed by atoms with van der Waals surface area (Å²) in [6.07, 6.45) is 1.56. The van der Waals surface area contributed by atoms with Crippen molar-refractivity contribution in [3.63, 3.8) is 0 Å². The third-order valence-corrected chi connectivity index (χ3v) is 4.69. The van der Waals surface area contributed by atoms with Crippen molar-refractivity contribution in [1.29, 1.82) is 0 Å². The molecule has 4 rings (SSSR count). The normalized spacial score (nSPS) is 10.9. The maximum atomic E-state index is 12.2. The number of halogens is 1. The molecule has 2 aromatic heterocycles. The maximum absolute atomic E-state index is 12.2. The van der Waals surface area contributed by atoms with Crippen molar-refractivity contribution < 1.29 is 4.79 Å². The summed E-state index contributed by atoms with van der Waals surface area (Å²) in [6.45, 7) is 0. The molecule has 0 saturated heterocycles. The van der Waals surface area contributed by atoms with Crippen molar-refractivity contribution in [3.05, 3.63) is 65.4 Å². The SMILES string of the molecule is O=C(Nc1ccc(-c2nn3cnnc3s2)cc1)c1ccccc1Cl. The molecule has 2 heterocycles.